The molecule has 0 spiro atoms. The molecule has 1 aliphatic carbocycles. The van der Waals surface area contributed by atoms with Crippen molar-refractivity contribution < 1.29 is 4.74 Å². The van der Waals surface area contributed by atoms with E-state index < -0.39 is 0 Å². The minimum Gasteiger partial charge on any atom is -0.495 e. The third kappa shape index (κ3) is 2.67. The summed E-state index contributed by atoms with van der Waals surface area (Å²) in [4.78, 5) is 6.80. The lowest BCUT2D eigenvalue weighted by Gasteiger charge is -2.45. The molecule has 1 atom stereocenters. The number of hydrogen-bond acceptors (Lipinski definition) is 4. The fourth-order valence-electron chi connectivity index (χ4n) is 3.69. The van der Waals surface area contributed by atoms with Crippen molar-refractivity contribution in [2.45, 2.75) is 51.1 Å². The average Bonchev–Trinajstić information content (AvgIpc) is 2.98. The summed E-state index contributed by atoms with van der Waals surface area (Å²) in [6, 6.07) is 2.02. The number of nitrogens with zero attached hydrogens (tertiary/aromatic N) is 2. The number of aromatic nitrogens is 1. The number of ether oxygens (including phenoxy) is 1. The van der Waals surface area contributed by atoms with Crippen LogP contribution in [0.2, 0.25) is 0 Å². The lowest BCUT2D eigenvalue weighted by Crippen LogP contribution is -2.53. The van der Waals surface area contributed by atoms with Gasteiger partial charge in [-0.15, -0.1) is 0 Å². The van der Waals surface area contributed by atoms with Gasteiger partial charge in [-0.25, -0.2) is 0 Å². The van der Waals surface area contributed by atoms with Crippen LogP contribution in [0.3, 0.4) is 0 Å². The Morgan fingerprint density at radius 2 is 1.95 bits per heavy atom. The highest BCUT2D eigenvalue weighted by Gasteiger charge is 2.44. The second-order valence-corrected chi connectivity index (χ2v) is 5.62. The Morgan fingerprint density at radius 3 is 2.50 bits per heavy atom. The second kappa shape index (κ2) is 6.55. The fraction of sp³-hybridized carbons (Fsp3) is 0.688. The molecule has 0 radical (unpaired) electrons. The normalized spacial score (nSPS) is 19.2. The Kier molecular flexibility index (Phi) is 5.00. The molecule has 1 aromatic heterocycles. The van der Waals surface area contributed by atoms with E-state index in [1.165, 1.54) is 25.7 Å². The van der Waals surface area contributed by atoms with E-state index >= 15 is 0 Å². The SMILES string of the molecule is CCN(CC)C1(C(N)c2cncc(OC)c2)CCCC1. The second-order valence-electron chi connectivity index (χ2n) is 5.62. The molecule has 1 aliphatic rings. The quantitative estimate of drug-likeness (QED) is 0.868. The minimum atomic E-state index is -0.00694. The van der Waals surface area contributed by atoms with Gasteiger partial charge in [-0.1, -0.05) is 26.7 Å². The van der Waals surface area contributed by atoms with E-state index in [0.717, 1.165) is 24.4 Å². The molecule has 1 fully saturated rings. The van der Waals surface area contributed by atoms with Crippen LogP contribution in [0.15, 0.2) is 18.5 Å². The molecule has 1 saturated carbocycles. The van der Waals surface area contributed by atoms with Crippen molar-refractivity contribution in [3.63, 3.8) is 0 Å². The van der Waals surface area contributed by atoms with Gasteiger partial charge in [0.25, 0.3) is 0 Å². The molecule has 20 heavy (non-hydrogen) atoms. The molecule has 4 nitrogen and oxygen atoms in total. The maximum Gasteiger partial charge on any atom is 0.137 e. The maximum atomic E-state index is 6.67. The van der Waals surface area contributed by atoms with E-state index in [1.807, 2.05) is 12.3 Å². The molecule has 2 N–H and O–H groups in total. The first-order chi connectivity index (χ1) is 9.67. The zero-order valence-electron chi connectivity index (χ0n) is 12.9. The molecule has 0 saturated heterocycles. The van der Waals surface area contributed by atoms with Crippen molar-refractivity contribution in [1.82, 2.24) is 9.88 Å². The predicted molar refractivity (Wildman–Crippen MR) is 81.8 cm³/mol. The summed E-state index contributed by atoms with van der Waals surface area (Å²) in [5.41, 5.74) is 7.84. The zero-order valence-corrected chi connectivity index (χ0v) is 12.9. The summed E-state index contributed by atoms with van der Waals surface area (Å²) in [5, 5.41) is 0. The van der Waals surface area contributed by atoms with Gasteiger partial charge in [-0.3, -0.25) is 9.88 Å². The number of rotatable bonds is 6. The van der Waals surface area contributed by atoms with Crippen LogP contribution < -0.4 is 10.5 Å². The molecule has 0 aromatic carbocycles. The highest BCUT2D eigenvalue weighted by molar-refractivity contribution is 5.28. The van der Waals surface area contributed by atoms with E-state index in [9.17, 15) is 0 Å². The molecule has 0 amide bonds. The van der Waals surface area contributed by atoms with Gasteiger partial charge in [-0.2, -0.15) is 0 Å². The molecule has 1 heterocycles. The summed E-state index contributed by atoms with van der Waals surface area (Å²) in [6.45, 7) is 6.53. The first-order valence-electron chi connectivity index (χ1n) is 7.67. The van der Waals surface area contributed by atoms with Gasteiger partial charge in [0.2, 0.25) is 0 Å². The lowest BCUT2D eigenvalue weighted by atomic mass is 9.83. The third-order valence-electron chi connectivity index (χ3n) is 4.77. The first-order valence-corrected chi connectivity index (χ1v) is 7.67. The number of nitrogens with two attached hydrogens (primary N) is 1. The van der Waals surface area contributed by atoms with E-state index in [1.54, 1.807) is 13.3 Å². The molecule has 0 bridgehead atoms. The van der Waals surface area contributed by atoms with E-state index in [4.69, 9.17) is 10.5 Å². The number of pyridine rings is 1. The smallest absolute Gasteiger partial charge is 0.137 e. The van der Waals surface area contributed by atoms with Gasteiger partial charge < -0.3 is 10.5 Å². The van der Waals surface area contributed by atoms with Crippen molar-refractivity contribution in [2.24, 2.45) is 5.73 Å². The van der Waals surface area contributed by atoms with Gasteiger partial charge in [0.15, 0.2) is 0 Å². The van der Waals surface area contributed by atoms with Crippen LogP contribution in [0.4, 0.5) is 0 Å². The van der Waals surface area contributed by atoms with Crippen LogP contribution in [-0.2, 0) is 0 Å². The third-order valence-corrected chi connectivity index (χ3v) is 4.77. The van der Waals surface area contributed by atoms with Crippen molar-refractivity contribution in [3.05, 3.63) is 24.0 Å². The average molecular weight is 277 g/mol. The predicted octanol–water partition coefficient (Wildman–Crippen LogP) is 2.74. The number of methoxy groups -OCH3 is 1. The van der Waals surface area contributed by atoms with Crippen LogP contribution in [0.5, 0.6) is 5.75 Å². The van der Waals surface area contributed by atoms with Gasteiger partial charge >= 0.3 is 0 Å². The van der Waals surface area contributed by atoms with Crippen molar-refractivity contribution >= 4 is 0 Å². The van der Waals surface area contributed by atoms with Crippen molar-refractivity contribution in [3.8, 4) is 5.75 Å². The molecule has 4 heteroatoms. The highest BCUT2D eigenvalue weighted by atomic mass is 16.5. The van der Waals surface area contributed by atoms with Gasteiger partial charge in [0.1, 0.15) is 5.75 Å². The van der Waals surface area contributed by atoms with Gasteiger partial charge in [0, 0.05) is 17.8 Å². The molecule has 1 aromatic rings. The topological polar surface area (TPSA) is 51.4 Å². The molecular weight excluding hydrogens is 250 g/mol. The van der Waals surface area contributed by atoms with Crippen molar-refractivity contribution in [2.75, 3.05) is 20.2 Å². The van der Waals surface area contributed by atoms with Crippen LogP contribution in [-0.4, -0.2) is 35.6 Å². The van der Waals surface area contributed by atoms with Crippen LogP contribution in [0.25, 0.3) is 0 Å². The first kappa shape index (κ1) is 15.3. The number of hydrogen-bond donors (Lipinski definition) is 1. The van der Waals surface area contributed by atoms with E-state index in [0.29, 0.717) is 0 Å². The Morgan fingerprint density at radius 1 is 1.30 bits per heavy atom. The molecule has 2 rings (SSSR count). The summed E-state index contributed by atoms with van der Waals surface area (Å²) >= 11 is 0. The van der Waals surface area contributed by atoms with Gasteiger partial charge in [0.05, 0.1) is 13.3 Å². The fourth-order valence-corrected chi connectivity index (χ4v) is 3.69. The van der Waals surface area contributed by atoms with E-state index in [2.05, 4.69) is 23.7 Å². The Labute approximate surface area is 122 Å². The molecule has 0 aliphatic heterocycles. The zero-order chi connectivity index (χ0) is 14.6. The van der Waals surface area contributed by atoms with Crippen molar-refractivity contribution in [1.29, 1.82) is 0 Å². The highest BCUT2D eigenvalue weighted by Crippen LogP contribution is 2.43. The number of likely N-dealkylation sites (N-methyl/N-ethyl adjacent to an activating group) is 1. The van der Waals surface area contributed by atoms with E-state index in [-0.39, 0.29) is 11.6 Å². The Balaban J connectivity index is 2.33. The largest absolute Gasteiger partial charge is 0.495 e. The summed E-state index contributed by atoms with van der Waals surface area (Å²) < 4.78 is 5.28. The summed E-state index contributed by atoms with van der Waals surface area (Å²) in [7, 11) is 1.67. The van der Waals surface area contributed by atoms with Crippen LogP contribution in [0.1, 0.15) is 51.1 Å². The maximum absolute atomic E-state index is 6.67. The monoisotopic (exact) mass is 277 g/mol. The molecule has 1 unspecified atom stereocenters. The van der Waals surface area contributed by atoms with Crippen LogP contribution >= 0.6 is 0 Å². The summed E-state index contributed by atoms with van der Waals surface area (Å²) in [5.74, 6) is 0.783. The minimum absolute atomic E-state index is 0.00694. The standard InChI is InChI=1S/C16H27N3O/c1-4-19(5-2)16(8-6-7-9-16)15(17)13-10-14(20-3)12-18-11-13/h10-12,15H,4-9,17H2,1-3H3. The summed E-state index contributed by atoms with van der Waals surface area (Å²) in [6.07, 6.45) is 8.50. The van der Waals surface area contributed by atoms with Gasteiger partial charge in [-0.05, 0) is 37.6 Å². The molecule has 112 valence electrons. The lowest BCUT2D eigenvalue weighted by molar-refractivity contribution is 0.0768. The molecular formula is C16H27N3O. The Bertz CT molecular complexity index is 425. The van der Waals surface area contributed by atoms with Crippen LogP contribution in [0, 0.1) is 0 Å². The Hall–Kier alpha value is -1.13.